The average Bonchev–Trinajstić information content (AvgIpc) is 2.75. The fraction of sp³-hybridized carbons (Fsp3) is 0.714. The fourth-order valence-electron chi connectivity index (χ4n) is 1.80. The molecule has 0 aliphatic heterocycles. The lowest BCUT2D eigenvalue weighted by Crippen LogP contribution is -2.37. The predicted molar refractivity (Wildman–Crippen MR) is 85.5 cm³/mol. The molecule has 0 aliphatic rings. The second-order valence-electron chi connectivity index (χ2n) is 4.50. The van der Waals surface area contributed by atoms with E-state index in [1.165, 1.54) is 4.88 Å². The zero-order valence-electron chi connectivity index (χ0n) is 13.0. The van der Waals surface area contributed by atoms with E-state index in [2.05, 4.69) is 20.6 Å². The molecule has 0 saturated heterocycles. The number of thiazole rings is 1. The molecule has 1 rings (SSSR count). The monoisotopic (exact) mass is 298 g/mol. The third-order valence-corrected chi connectivity index (χ3v) is 3.92. The van der Waals surface area contributed by atoms with E-state index in [0.29, 0.717) is 0 Å². The molecule has 20 heavy (non-hydrogen) atoms. The molecular formula is C14H26N4OS. The smallest absolute Gasteiger partial charge is 0.191 e. The van der Waals surface area contributed by atoms with Gasteiger partial charge in [-0.1, -0.05) is 0 Å². The zero-order valence-corrected chi connectivity index (χ0v) is 13.8. The van der Waals surface area contributed by atoms with E-state index < -0.39 is 0 Å². The SMILES string of the molecule is CCOCCCCNC(=NC)NCc1sc(C)nc1C. The van der Waals surface area contributed by atoms with Gasteiger partial charge in [-0.05, 0) is 33.6 Å². The molecule has 1 aromatic rings. The molecule has 5 nitrogen and oxygen atoms in total. The quantitative estimate of drug-likeness (QED) is 0.439. The van der Waals surface area contributed by atoms with Gasteiger partial charge in [0.15, 0.2) is 5.96 Å². The molecule has 0 fully saturated rings. The molecule has 0 aliphatic carbocycles. The van der Waals surface area contributed by atoms with Crippen LogP contribution in [0.25, 0.3) is 0 Å². The van der Waals surface area contributed by atoms with E-state index in [4.69, 9.17) is 4.74 Å². The molecule has 0 spiro atoms. The number of ether oxygens (including phenoxy) is 1. The van der Waals surface area contributed by atoms with Crippen LogP contribution >= 0.6 is 11.3 Å². The van der Waals surface area contributed by atoms with Crippen molar-refractivity contribution in [2.45, 2.75) is 40.2 Å². The Kier molecular flexibility index (Phi) is 8.22. The summed E-state index contributed by atoms with van der Waals surface area (Å²) >= 11 is 1.73. The van der Waals surface area contributed by atoms with Crippen molar-refractivity contribution in [1.82, 2.24) is 15.6 Å². The van der Waals surface area contributed by atoms with Crippen LogP contribution in [-0.4, -0.2) is 37.7 Å². The van der Waals surface area contributed by atoms with Crippen molar-refractivity contribution in [2.24, 2.45) is 4.99 Å². The van der Waals surface area contributed by atoms with Crippen LogP contribution in [0.15, 0.2) is 4.99 Å². The summed E-state index contributed by atoms with van der Waals surface area (Å²) in [6.07, 6.45) is 2.16. The van der Waals surface area contributed by atoms with Crippen LogP contribution in [0.1, 0.15) is 35.3 Å². The Labute approximate surface area is 125 Å². The summed E-state index contributed by atoms with van der Waals surface area (Å²) in [4.78, 5) is 9.91. The number of unbranched alkanes of at least 4 members (excludes halogenated alkanes) is 1. The normalized spacial score (nSPS) is 11.7. The number of aliphatic imine (C=N–C) groups is 1. The molecule has 0 amide bonds. The van der Waals surface area contributed by atoms with E-state index in [1.54, 1.807) is 18.4 Å². The molecule has 0 bridgehead atoms. The Morgan fingerprint density at radius 2 is 2.10 bits per heavy atom. The molecule has 0 atom stereocenters. The Balaban J connectivity index is 2.21. The Bertz CT molecular complexity index is 417. The maximum absolute atomic E-state index is 5.31. The van der Waals surface area contributed by atoms with Gasteiger partial charge in [-0.3, -0.25) is 4.99 Å². The van der Waals surface area contributed by atoms with Gasteiger partial charge in [-0.25, -0.2) is 4.98 Å². The van der Waals surface area contributed by atoms with Crippen molar-refractivity contribution in [2.75, 3.05) is 26.8 Å². The third kappa shape index (κ3) is 6.34. The van der Waals surface area contributed by atoms with E-state index in [1.807, 2.05) is 20.8 Å². The first kappa shape index (κ1) is 16.9. The van der Waals surface area contributed by atoms with Gasteiger partial charge in [-0.2, -0.15) is 0 Å². The highest BCUT2D eigenvalue weighted by atomic mass is 32.1. The summed E-state index contributed by atoms with van der Waals surface area (Å²) in [6.45, 7) is 9.42. The maximum Gasteiger partial charge on any atom is 0.191 e. The molecule has 0 unspecified atom stereocenters. The van der Waals surface area contributed by atoms with Crippen LogP contribution in [0.5, 0.6) is 0 Å². The van der Waals surface area contributed by atoms with Gasteiger partial charge in [0.1, 0.15) is 0 Å². The average molecular weight is 298 g/mol. The number of nitrogens with one attached hydrogen (secondary N) is 2. The first-order valence-electron chi connectivity index (χ1n) is 7.12. The van der Waals surface area contributed by atoms with Gasteiger partial charge in [-0.15, -0.1) is 11.3 Å². The van der Waals surface area contributed by atoms with Crippen molar-refractivity contribution < 1.29 is 4.74 Å². The first-order chi connectivity index (χ1) is 9.67. The zero-order chi connectivity index (χ0) is 14.8. The Morgan fingerprint density at radius 1 is 1.30 bits per heavy atom. The number of aromatic nitrogens is 1. The van der Waals surface area contributed by atoms with Gasteiger partial charge >= 0.3 is 0 Å². The van der Waals surface area contributed by atoms with Gasteiger partial charge in [0.05, 0.1) is 17.2 Å². The minimum atomic E-state index is 0.774. The summed E-state index contributed by atoms with van der Waals surface area (Å²) in [6, 6.07) is 0. The lowest BCUT2D eigenvalue weighted by atomic mass is 10.3. The first-order valence-corrected chi connectivity index (χ1v) is 7.94. The van der Waals surface area contributed by atoms with Crippen molar-refractivity contribution >= 4 is 17.3 Å². The third-order valence-electron chi connectivity index (χ3n) is 2.85. The van der Waals surface area contributed by atoms with Crippen molar-refractivity contribution in [1.29, 1.82) is 0 Å². The maximum atomic E-state index is 5.31. The van der Waals surface area contributed by atoms with Crippen LogP contribution in [-0.2, 0) is 11.3 Å². The number of hydrogen-bond donors (Lipinski definition) is 2. The van der Waals surface area contributed by atoms with Crippen LogP contribution in [0, 0.1) is 13.8 Å². The molecule has 1 heterocycles. The minimum absolute atomic E-state index is 0.774. The van der Waals surface area contributed by atoms with Gasteiger partial charge in [0, 0.05) is 31.7 Å². The second kappa shape index (κ2) is 9.72. The molecule has 0 radical (unpaired) electrons. The lowest BCUT2D eigenvalue weighted by Gasteiger charge is -2.11. The van der Waals surface area contributed by atoms with E-state index in [0.717, 1.165) is 55.8 Å². The van der Waals surface area contributed by atoms with Crippen LogP contribution in [0.2, 0.25) is 0 Å². The van der Waals surface area contributed by atoms with Crippen molar-refractivity contribution in [3.63, 3.8) is 0 Å². The summed E-state index contributed by atoms with van der Waals surface area (Å²) in [5, 5.41) is 7.74. The van der Waals surface area contributed by atoms with Crippen molar-refractivity contribution in [3.8, 4) is 0 Å². The summed E-state index contributed by atoms with van der Waals surface area (Å²) in [7, 11) is 1.79. The highest BCUT2D eigenvalue weighted by Crippen LogP contribution is 2.16. The van der Waals surface area contributed by atoms with E-state index in [-0.39, 0.29) is 0 Å². The van der Waals surface area contributed by atoms with Gasteiger partial charge < -0.3 is 15.4 Å². The van der Waals surface area contributed by atoms with Crippen LogP contribution < -0.4 is 10.6 Å². The number of aryl methyl sites for hydroxylation is 2. The van der Waals surface area contributed by atoms with Crippen molar-refractivity contribution in [3.05, 3.63) is 15.6 Å². The summed E-state index contributed by atoms with van der Waals surface area (Å²) in [5.74, 6) is 0.840. The molecule has 0 aromatic carbocycles. The molecular weight excluding hydrogens is 272 g/mol. The number of hydrogen-bond acceptors (Lipinski definition) is 4. The molecule has 0 saturated carbocycles. The van der Waals surface area contributed by atoms with Crippen LogP contribution in [0.3, 0.4) is 0 Å². The Morgan fingerprint density at radius 3 is 2.70 bits per heavy atom. The molecule has 114 valence electrons. The Hall–Kier alpha value is -1.14. The lowest BCUT2D eigenvalue weighted by molar-refractivity contribution is 0.143. The number of nitrogens with zero attached hydrogens (tertiary/aromatic N) is 2. The van der Waals surface area contributed by atoms with Gasteiger partial charge in [0.2, 0.25) is 0 Å². The topological polar surface area (TPSA) is 58.5 Å². The van der Waals surface area contributed by atoms with Crippen LogP contribution in [0.4, 0.5) is 0 Å². The summed E-state index contributed by atoms with van der Waals surface area (Å²) in [5.41, 5.74) is 1.10. The number of rotatable bonds is 8. The highest BCUT2D eigenvalue weighted by Gasteiger charge is 2.05. The highest BCUT2D eigenvalue weighted by molar-refractivity contribution is 7.11. The fourth-order valence-corrected chi connectivity index (χ4v) is 2.68. The summed E-state index contributed by atoms with van der Waals surface area (Å²) < 4.78 is 5.31. The molecule has 6 heteroatoms. The number of guanidine groups is 1. The standard InChI is InChI=1S/C14H26N4OS/c1-5-19-9-7-6-8-16-14(15-4)17-10-13-11(2)18-12(3)20-13/h5-10H2,1-4H3,(H2,15,16,17). The minimum Gasteiger partial charge on any atom is -0.382 e. The van der Waals surface area contributed by atoms with E-state index in [9.17, 15) is 0 Å². The molecule has 1 aromatic heterocycles. The molecule has 2 N–H and O–H groups in total. The predicted octanol–water partition coefficient (Wildman–Crippen LogP) is 2.24. The van der Waals surface area contributed by atoms with E-state index >= 15 is 0 Å². The second-order valence-corrected chi connectivity index (χ2v) is 5.79. The van der Waals surface area contributed by atoms with Gasteiger partial charge in [0.25, 0.3) is 0 Å². The largest absolute Gasteiger partial charge is 0.382 e.